The van der Waals surface area contributed by atoms with Crippen LogP contribution in [0.4, 0.5) is 0 Å². The summed E-state index contributed by atoms with van der Waals surface area (Å²) in [5, 5.41) is 51.5. The molecule has 0 aliphatic heterocycles. The molecule has 0 aromatic heterocycles. The SMILES string of the molecule is CC(C)(C)OP(=O)(OCON)OC(C)(C)C.CNC(=O)[C@@](C)(C(=O)COCOP(=O)(OC(C)(C)C)OC(C)(C)C)N(C)C(=O)c1ccc(C#Cc2ccc([C@H](O)CO)cc2)cc1.CNC(=O)[C@@](C)(C(=O)O)N(C)C(=O)c1ccc(C#Cc2ccc([C@H](O)CO)cc2)cc1. The summed E-state index contributed by atoms with van der Waals surface area (Å²) in [6, 6.07) is 26.2. The number of hydrogen-bond acceptors (Lipinski definition) is 21. The summed E-state index contributed by atoms with van der Waals surface area (Å²) in [6.07, 6.45) is -1.89. The lowest BCUT2D eigenvalue weighted by molar-refractivity contribution is -0.154. The Kier molecular flexibility index (Phi) is 31.3. The number of aliphatic hydroxyl groups excluding tert-OH is 4. The molecule has 0 aliphatic rings. The minimum absolute atomic E-state index is 0.210. The summed E-state index contributed by atoms with van der Waals surface area (Å²) in [5.41, 5.74) is -2.86. The molecule has 4 atom stereocenters. The fourth-order valence-corrected chi connectivity index (χ4v) is 10.9. The van der Waals surface area contributed by atoms with Gasteiger partial charge < -0.3 is 50.7 Å². The molecule has 93 heavy (non-hydrogen) atoms. The van der Waals surface area contributed by atoms with Gasteiger partial charge in [0.15, 0.2) is 24.9 Å². The average Bonchev–Trinajstić information content (AvgIpc) is 0.804. The van der Waals surface area contributed by atoms with Crippen LogP contribution < -0.4 is 16.5 Å². The van der Waals surface area contributed by atoms with E-state index in [4.69, 9.17) is 48.0 Å². The number of amides is 4. The normalized spacial score (nSPS) is 13.8. The number of hydrogen-bond donors (Lipinski definition) is 8. The number of phosphoric ester groups is 2. The van der Waals surface area contributed by atoms with Crippen molar-refractivity contribution in [2.45, 2.75) is 143 Å². The predicted octanol–water partition coefficient (Wildman–Crippen LogP) is 7.35. The number of carboxylic acid groups (broad SMARTS) is 1. The Balaban J connectivity index is 0.000000536. The molecule has 0 unspecified atom stereocenters. The summed E-state index contributed by atoms with van der Waals surface area (Å²) < 4.78 is 62.5. The number of benzene rings is 4. The van der Waals surface area contributed by atoms with Gasteiger partial charge in [-0.1, -0.05) is 47.9 Å². The minimum atomic E-state index is -4.10. The summed E-state index contributed by atoms with van der Waals surface area (Å²) in [7, 11) is -2.55. The van der Waals surface area contributed by atoms with Gasteiger partial charge in [-0.3, -0.25) is 56.0 Å². The van der Waals surface area contributed by atoms with Crippen LogP contribution in [0, 0.1) is 23.7 Å². The Labute approximate surface area is 544 Å². The Morgan fingerprint density at radius 3 is 1.04 bits per heavy atom. The maximum Gasteiger partial charge on any atom is 0.478 e. The maximum absolute atomic E-state index is 13.4. The number of aliphatic hydroxyl groups is 4. The van der Waals surface area contributed by atoms with Gasteiger partial charge in [-0.2, -0.15) is 0 Å². The second-order valence-electron chi connectivity index (χ2n) is 24.8. The lowest BCUT2D eigenvalue weighted by atomic mass is 9.92. The first kappa shape index (κ1) is 82.1. The molecule has 28 heteroatoms. The van der Waals surface area contributed by atoms with E-state index in [0.29, 0.717) is 33.4 Å². The number of carboxylic acids is 1. The molecule has 0 saturated heterocycles. The third-order valence-corrected chi connectivity index (χ3v) is 16.4. The second-order valence-corrected chi connectivity index (χ2v) is 27.8. The van der Waals surface area contributed by atoms with E-state index in [1.807, 2.05) is 0 Å². The number of ketones is 1. The van der Waals surface area contributed by atoms with E-state index in [1.54, 1.807) is 156 Å². The molecule has 0 heterocycles. The fraction of sp³-hybridized carbons (Fsp3) is 0.477. The van der Waals surface area contributed by atoms with Gasteiger partial charge in [0.2, 0.25) is 5.54 Å². The second kappa shape index (κ2) is 35.5. The van der Waals surface area contributed by atoms with Crippen molar-refractivity contribution in [2.75, 3.05) is 61.6 Å². The first-order chi connectivity index (χ1) is 42.9. The first-order valence-electron chi connectivity index (χ1n) is 28.9. The van der Waals surface area contributed by atoms with Gasteiger partial charge in [-0.15, -0.1) is 0 Å². The molecule has 0 bridgehead atoms. The standard InChI is InChI=1S/C33H45N2O10P.C23H24N2O6.C9H22NO5P/c1-31(2,3)44-46(41,45-32(4,5)6)43-22-42-21-28(38)33(7,30(40)34-8)35(9)29(39)26-18-14-24(15-19-26)11-10-23-12-16-25(17-13-23)27(37)20-36;1-23(22(30)31,21(29)24-2)25(3)20(28)18-12-8-16(9-13-18)5-4-15-6-10-17(11-7-15)19(27)14-26;1-8(2,3)14-16(11,13-7-12-10)15-9(4,5)6/h12-19,27,36-37H,20-22H2,1-9H3,(H,34,40);6-13,19,26-27H,14H2,1-3H3,(H,24,29)(H,30,31);7,10H2,1-6H3/t27-,33-;19-,23+;/m11./s1. The van der Waals surface area contributed by atoms with E-state index in [1.165, 1.54) is 59.4 Å². The quantitative estimate of drug-likeness (QED) is 0.00848. The van der Waals surface area contributed by atoms with E-state index in [-0.39, 0.29) is 31.1 Å². The number of nitrogens with two attached hydrogens (primary N) is 1. The predicted molar refractivity (Wildman–Crippen MR) is 345 cm³/mol. The van der Waals surface area contributed by atoms with Crippen molar-refractivity contribution in [3.63, 3.8) is 0 Å². The molecule has 0 aliphatic carbocycles. The molecule has 0 fully saturated rings. The highest BCUT2D eigenvalue weighted by Gasteiger charge is 2.48. The molecule has 0 radical (unpaired) electrons. The minimum Gasteiger partial charge on any atom is -0.479 e. The van der Waals surface area contributed by atoms with Crippen LogP contribution >= 0.6 is 15.6 Å². The van der Waals surface area contributed by atoms with Crippen LogP contribution in [0.1, 0.15) is 163 Å². The Morgan fingerprint density at radius 1 is 0.495 bits per heavy atom. The highest BCUT2D eigenvalue weighted by Crippen LogP contribution is 2.56. The van der Waals surface area contributed by atoms with Crippen molar-refractivity contribution in [1.82, 2.24) is 20.4 Å². The number of aliphatic carboxylic acids is 1. The molecule has 0 spiro atoms. The number of carbonyl (C=O) groups excluding carboxylic acids is 5. The van der Waals surface area contributed by atoms with Crippen LogP contribution in [0.15, 0.2) is 97.1 Å². The molecule has 4 aromatic rings. The zero-order valence-electron chi connectivity index (χ0n) is 56.1. The van der Waals surface area contributed by atoms with Crippen LogP contribution in [0.25, 0.3) is 0 Å². The summed E-state index contributed by atoms with van der Waals surface area (Å²) in [4.78, 5) is 82.3. The number of carbonyl (C=O) groups is 6. The molecule has 9 N–H and O–H groups in total. The number of Topliss-reactive ketones (excluding diaryl/α,β-unsaturated/α-hetero) is 1. The number of rotatable bonds is 24. The molecular formula is C65H91N5O21P2. The maximum atomic E-state index is 13.4. The largest absolute Gasteiger partial charge is 0.479 e. The van der Waals surface area contributed by atoms with Gasteiger partial charge in [0.1, 0.15) is 18.8 Å². The van der Waals surface area contributed by atoms with E-state index in [9.17, 15) is 53.2 Å². The number of nitrogens with one attached hydrogen (secondary N) is 2. The van der Waals surface area contributed by atoms with E-state index in [2.05, 4.69) is 39.2 Å². The molecule has 0 saturated carbocycles. The van der Waals surface area contributed by atoms with Crippen molar-refractivity contribution in [2.24, 2.45) is 5.90 Å². The van der Waals surface area contributed by atoms with Crippen molar-refractivity contribution >= 4 is 51.0 Å². The van der Waals surface area contributed by atoms with Crippen LogP contribution in [0.3, 0.4) is 0 Å². The van der Waals surface area contributed by atoms with Crippen molar-refractivity contribution in [1.29, 1.82) is 0 Å². The fourth-order valence-electron chi connectivity index (χ4n) is 7.56. The molecular weight excluding hydrogens is 1250 g/mol. The van der Waals surface area contributed by atoms with Crippen LogP contribution in [-0.2, 0) is 65.0 Å². The zero-order valence-corrected chi connectivity index (χ0v) is 57.9. The first-order valence-corrected chi connectivity index (χ1v) is 31.8. The lowest BCUT2D eigenvalue weighted by Crippen LogP contribution is -2.62. The Hall–Kier alpha value is -7.04. The summed E-state index contributed by atoms with van der Waals surface area (Å²) in [6.45, 7) is 20.6. The van der Waals surface area contributed by atoms with Crippen LogP contribution in [0.2, 0.25) is 0 Å². The third-order valence-electron chi connectivity index (χ3n) is 12.5. The van der Waals surface area contributed by atoms with Gasteiger partial charge in [0, 0.05) is 61.6 Å². The van der Waals surface area contributed by atoms with Gasteiger partial charge in [-0.25, -0.2) is 19.8 Å². The van der Waals surface area contributed by atoms with E-state index < -0.39 is 110 Å². The number of likely N-dealkylation sites (N-methyl/N-ethyl adjacent to an activating group) is 4. The molecule has 512 valence electrons. The highest BCUT2D eigenvalue weighted by atomic mass is 31.2. The summed E-state index contributed by atoms with van der Waals surface area (Å²) >= 11 is 0. The summed E-state index contributed by atoms with van der Waals surface area (Å²) in [5.74, 6) is 11.7. The Bertz CT molecular complexity index is 3330. The van der Waals surface area contributed by atoms with E-state index >= 15 is 0 Å². The van der Waals surface area contributed by atoms with Crippen molar-refractivity contribution < 1.29 is 100 Å². The van der Waals surface area contributed by atoms with Crippen molar-refractivity contribution in [3.8, 4) is 23.7 Å². The van der Waals surface area contributed by atoms with Crippen LogP contribution in [0.5, 0.6) is 0 Å². The van der Waals surface area contributed by atoms with Gasteiger partial charge >= 0.3 is 21.6 Å². The average molecular weight is 1340 g/mol. The smallest absolute Gasteiger partial charge is 0.478 e. The van der Waals surface area contributed by atoms with Gasteiger partial charge in [-0.05, 0) is 181 Å². The number of ether oxygens (including phenoxy) is 1. The van der Waals surface area contributed by atoms with Gasteiger partial charge in [0.05, 0.1) is 35.6 Å². The lowest BCUT2D eigenvalue weighted by Gasteiger charge is -2.35. The highest BCUT2D eigenvalue weighted by molar-refractivity contribution is 7.48. The third kappa shape index (κ3) is 26.7. The Morgan fingerprint density at radius 2 is 0.774 bits per heavy atom. The molecule has 4 rings (SSSR count). The monoisotopic (exact) mass is 1340 g/mol. The molecule has 26 nitrogen and oxygen atoms in total. The molecule has 4 amide bonds. The van der Waals surface area contributed by atoms with Gasteiger partial charge in [0.25, 0.3) is 23.6 Å². The number of nitrogens with zero attached hydrogens (tertiary/aromatic N) is 2. The topological polar surface area (TPSA) is 368 Å². The number of phosphoric acid groups is 2. The molecule has 4 aromatic carbocycles. The van der Waals surface area contributed by atoms with Crippen LogP contribution in [-0.4, -0.2) is 166 Å². The van der Waals surface area contributed by atoms with E-state index in [0.717, 1.165) is 16.7 Å². The van der Waals surface area contributed by atoms with Crippen molar-refractivity contribution in [3.05, 3.63) is 142 Å². The zero-order chi connectivity index (χ0) is 71.1.